The largest absolute Gasteiger partial charge is 0.449 e. The molecule has 2 aromatic heterocycles. The van der Waals surface area contributed by atoms with Gasteiger partial charge < -0.3 is 9.47 Å². The predicted molar refractivity (Wildman–Crippen MR) is 177 cm³/mol. The highest BCUT2D eigenvalue weighted by Crippen LogP contribution is 2.28. The molecule has 2 aromatic carbocycles. The molecule has 0 amide bonds. The molecule has 4 aromatic rings. The number of para-hydroxylation sites is 4. The fraction of sp³-hybridized carbons (Fsp3) is 0.556. The van der Waals surface area contributed by atoms with Crippen molar-refractivity contribution in [3.63, 3.8) is 0 Å². The third-order valence-corrected chi connectivity index (χ3v) is 7.99. The number of carbonyl (C=O) groups excluding carboxylic acids is 2. The van der Waals surface area contributed by atoms with Gasteiger partial charge in [-0.25, -0.2) is 28.7 Å². The summed E-state index contributed by atoms with van der Waals surface area (Å²) in [5, 5.41) is 0. The zero-order chi connectivity index (χ0) is 31.3. The molecule has 0 unspecified atom stereocenters. The minimum Gasteiger partial charge on any atom is -0.449 e. The molecule has 2 heterocycles. The molecule has 0 bridgehead atoms. The van der Waals surface area contributed by atoms with Crippen LogP contribution in [0, 0.1) is 11.8 Å². The smallest absolute Gasteiger partial charge is 0.420 e. The maximum atomic E-state index is 13.5. The van der Waals surface area contributed by atoms with Crippen molar-refractivity contribution in [2.24, 2.45) is 11.8 Å². The van der Waals surface area contributed by atoms with Gasteiger partial charge in [-0.1, -0.05) is 116 Å². The first-order valence-corrected chi connectivity index (χ1v) is 16.7. The van der Waals surface area contributed by atoms with Crippen molar-refractivity contribution >= 4 is 34.3 Å². The highest BCUT2D eigenvalue weighted by molar-refractivity contribution is 5.95. The molecule has 0 atom stereocenters. The molecule has 8 heteroatoms. The molecule has 0 aliphatic heterocycles. The molecule has 0 fully saturated rings. The fourth-order valence-electron chi connectivity index (χ4n) is 5.54. The van der Waals surface area contributed by atoms with Crippen LogP contribution in [0.4, 0.5) is 9.59 Å². The van der Waals surface area contributed by atoms with E-state index in [2.05, 4.69) is 27.7 Å². The van der Waals surface area contributed by atoms with Crippen molar-refractivity contribution in [2.45, 2.75) is 105 Å². The Balaban J connectivity index is 1.47. The van der Waals surface area contributed by atoms with Crippen molar-refractivity contribution in [3.8, 4) is 11.6 Å². The average molecular weight is 603 g/mol. The number of aromatic nitrogens is 4. The highest BCUT2D eigenvalue weighted by atomic mass is 16.6. The number of carbonyl (C=O) groups is 2. The molecule has 0 aliphatic rings. The molecule has 0 radical (unpaired) electrons. The van der Waals surface area contributed by atoms with Crippen LogP contribution in [-0.4, -0.2) is 44.5 Å². The topological polar surface area (TPSA) is 88.2 Å². The average Bonchev–Trinajstić information content (AvgIpc) is 3.58. The monoisotopic (exact) mass is 602 g/mol. The van der Waals surface area contributed by atoms with Crippen molar-refractivity contribution in [3.05, 3.63) is 48.5 Å². The fourth-order valence-corrected chi connectivity index (χ4v) is 5.54. The Hall–Kier alpha value is -3.68. The van der Waals surface area contributed by atoms with Gasteiger partial charge in [0.1, 0.15) is 0 Å². The Morgan fingerprint density at radius 1 is 0.568 bits per heavy atom. The zero-order valence-electron chi connectivity index (χ0n) is 27.1. The summed E-state index contributed by atoms with van der Waals surface area (Å²) in [4.78, 5) is 36.6. The van der Waals surface area contributed by atoms with E-state index in [-0.39, 0.29) is 11.6 Å². The summed E-state index contributed by atoms with van der Waals surface area (Å²) in [5.74, 6) is 1.98. The molecule has 44 heavy (non-hydrogen) atoms. The van der Waals surface area contributed by atoms with E-state index in [4.69, 9.17) is 19.4 Å². The summed E-state index contributed by atoms with van der Waals surface area (Å²) >= 11 is 0. The van der Waals surface area contributed by atoms with E-state index in [1.807, 2.05) is 48.5 Å². The summed E-state index contributed by atoms with van der Waals surface area (Å²) in [6.45, 7) is 9.66. The number of unbranched alkanes of at least 4 members (excludes halogenated alkanes) is 8. The van der Waals surface area contributed by atoms with Crippen molar-refractivity contribution < 1.29 is 19.1 Å². The van der Waals surface area contributed by atoms with E-state index in [0.717, 1.165) is 50.4 Å². The molecule has 0 N–H and O–H groups in total. The summed E-state index contributed by atoms with van der Waals surface area (Å²) in [6, 6.07) is 14.8. The van der Waals surface area contributed by atoms with Crippen molar-refractivity contribution in [1.82, 2.24) is 19.1 Å². The summed E-state index contributed by atoms with van der Waals surface area (Å²) in [6.07, 6.45) is 12.2. The number of benzene rings is 2. The SMILES string of the molecule is CC(C)CCCCCCCOC(=O)n1c(-c2nc3ccccc3n2C(=O)OCCCCCCCC(C)C)nc2ccccc21. The van der Waals surface area contributed by atoms with Gasteiger partial charge in [0.2, 0.25) is 0 Å². The van der Waals surface area contributed by atoms with Gasteiger partial charge in [-0.15, -0.1) is 0 Å². The van der Waals surface area contributed by atoms with Gasteiger partial charge >= 0.3 is 12.2 Å². The lowest BCUT2D eigenvalue weighted by Gasteiger charge is -2.11. The Morgan fingerprint density at radius 3 is 1.34 bits per heavy atom. The van der Waals surface area contributed by atoms with Crippen molar-refractivity contribution in [2.75, 3.05) is 13.2 Å². The van der Waals surface area contributed by atoms with E-state index in [0.29, 0.717) is 35.3 Å². The lowest BCUT2D eigenvalue weighted by atomic mass is 10.0. The van der Waals surface area contributed by atoms with Gasteiger partial charge in [-0.05, 0) is 48.9 Å². The number of imidazole rings is 2. The second kappa shape index (κ2) is 17.0. The van der Waals surface area contributed by atoms with Crippen molar-refractivity contribution in [1.29, 1.82) is 0 Å². The van der Waals surface area contributed by atoms with Gasteiger partial charge in [-0.2, -0.15) is 0 Å². The first-order valence-electron chi connectivity index (χ1n) is 16.7. The molecule has 0 saturated heterocycles. The minimum atomic E-state index is -0.530. The summed E-state index contributed by atoms with van der Waals surface area (Å²) in [7, 11) is 0. The standard InChI is InChI=1S/C36H50N4O4/c1-27(2)19-11-7-5-9-17-25-43-35(41)39-31-23-15-13-21-29(31)37-33(39)34-38-30-22-14-16-24-32(30)40(34)36(42)44-26-18-10-6-8-12-20-28(3)4/h13-16,21-24,27-28H,5-12,17-20,25-26H2,1-4H3. The number of hydrogen-bond acceptors (Lipinski definition) is 6. The van der Waals surface area contributed by atoms with E-state index < -0.39 is 12.2 Å². The molecular formula is C36H50N4O4. The molecule has 0 aliphatic carbocycles. The first-order chi connectivity index (χ1) is 21.4. The number of ether oxygens (including phenoxy) is 2. The zero-order valence-corrected chi connectivity index (χ0v) is 27.1. The van der Waals surface area contributed by atoms with Gasteiger partial charge in [0.15, 0.2) is 11.6 Å². The Bertz CT molecular complexity index is 1370. The molecule has 4 rings (SSSR count). The molecule has 0 spiro atoms. The first kappa shape index (κ1) is 33.2. The van der Waals surface area contributed by atoms with Gasteiger partial charge in [0.05, 0.1) is 35.3 Å². The second-order valence-electron chi connectivity index (χ2n) is 12.6. The highest BCUT2D eigenvalue weighted by Gasteiger charge is 2.27. The Morgan fingerprint density at radius 2 is 0.932 bits per heavy atom. The van der Waals surface area contributed by atoms with Crippen LogP contribution in [0.1, 0.15) is 105 Å². The van der Waals surface area contributed by atoms with E-state index in [1.54, 1.807) is 0 Å². The number of hydrogen-bond donors (Lipinski definition) is 0. The summed E-state index contributed by atoms with van der Waals surface area (Å²) < 4.78 is 14.3. The predicted octanol–water partition coefficient (Wildman–Crippen LogP) is 10.0. The van der Waals surface area contributed by atoms with Crippen LogP contribution in [0.5, 0.6) is 0 Å². The molecule has 8 nitrogen and oxygen atoms in total. The normalized spacial score (nSPS) is 11.7. The van der Waals surface area contributed by atoms with E-state index in [9.17, 15) is 9.59 Å². The van der Waals surface area contributed by atoms with Gasteiger partial charge in [0, 0.05) is 0 Å². The maximum Gasteiger partial charge on any atom is 0.420 e. The third kappa shape index (κ3) is 9.16. The Labute approximate surface area is 262 Å². The lowest BCUT2D eigenvalue weighted by molar-refractivity contribution is 0.144. The Kier molecular flexibility index (Phi) is 12.8. The third-order valence-electron chi connectivity index (χ3n) is 7.99. The summed E-state index contributed by atoms with van der Waals surface area (Å²) in [5.41, 5.74) is 2.44. The van der Waals surface area contributed by atoms with Gasteiger partial charge in [0.25, 0.3) is 0 Å². The van der Waals surface area contributed by atoms with Crippen LogP contribution in [0.2, 0.25) is 0 Å². The minimum absolute atomic E-state index is 0.253. The molecule has 238 valence electrons. The van der Waals surface area contributed by atoms with Crippen LogP contribution in [0.25, 0.3) is 33.7 Å². The maximum absolute atomic E-state index is 13.5. The second-order valence-corrected chi connectivity index (χ2v) is 12.6. The van der Waals surface area contributed by atoms with Crippen LogP contribution >= 0.6 is 0 Å². The van der Waals surface area contributed by atoms with Gasteiger partial charge in [-0.3, -0.25) is 0 Å². The van der Waals surface area contributed by atoms with E-state index >= 15 is 0 Å². The lowest BCUT2D eigenvalue weighted by Crippen LogP contribution is -2.20. The van der Waals surface area contributed by atoms with Crippen LogP contribution in [-0.2, 0) is 9.47 Å². The quantitative estimate of drug-likeness (QED) is 0.112. The number of rotatable bonds is 17. The molecule has 0 saturated carbocycles. The molecular weight excluding hydrogens is 552 g/mol. The van der Waals surface area contributed by atoms with E-state index in [1.165, 1.54) is 47.7 Å². The van der Waals surface area contributed by atoms with Crippen LogP contribution in [0.3, 0.4) is 0 Å². The van der Waals surface area contributed by atoms with Crippen LogP contribution in [0.15, 0.2) is 48.5 Å². The number of fused-ring (bicyclic) bond motifs is 2. The van der Waals surface area contributed by atoms with Crippen LogP contribution < -0.4 is 0 Å². The number of nitrogens with zero attached hydrogens (tertiary/aromatic N) is 4.